The molecule has 0 saturated heterocycles. The van der Waals surface area contributed by atoms with Gasteiger partial charge in [0.15, 0.2) is 0 Å². The second-order valence-electron chi connectivity index (χ2n) is 3.39. The third-order valence-electron chi connectivity index (χ3n) is 2.02. The highest BCUT2D eigenvalue weighted by atomic mass is 16.5. The van der Waals surface area contributed by atoms with Crippen molar-refractivity contribution >= 4 is 17.9 Å². The van der Waals surface area contributed by atoms with Crippen LogP contribution >= 0.6 is 0 Å². The summed E-state index contributed by atoms with van der Waals surface area (Å²) in [6.07, 6.45) is 0. The van der Waals surface area contributed by atoms with Gasteiger partial charge < -0.3 is 19.5 Å². The fourth-order valence-corrected chi connectivity index (χ4v) is 1.18. The number of methoxy groups -OCH3 is 2. The van der Waals surface area contributed by atoms with Crippen LogP contribution in [0, 0.1) is 0 Å². The second kappa shape index (κ2) is 7.77. The van der Waals surface area contributed by atoms with Crippen LogP contribution in [-0.2, 0) is 9.53 Å². The number of ether oxygens (including phenoxy) is 3. The summed E-state index contributed by atoms with van der Waals surface area (Å²) < 4.78 is 14.5. The predicted octanol–water partition coefficient (Wildman–Crippen LogP) is 0.178. The summed E-state index contributed by atoms with van der Waals surface area (Å²) in [5, 5.41) is 4.65. The molecule has 0 aliphatic carbocycles. The van der Waals surface area contributed by atoms with Gasteiger partial charge in [-0.3, -0.25) is 10.1 Å². The Balaban J connectivity index is 2.59. The third-order valence-corrected chi connectivity index (χ3v) is 2.02. The summed E-state index contributed by atoms with van der Waals surface area (Å²) in [4.78, 5) is 30.4. The number of hydrogen-bond donors (Lipinski definition) is 2. The third kappa shape index (κ3) is 4.96. The molecule has 1 rings (SSSR count). The van der Waals surface area contributed by atoms with E-state index < -0.39 is 12.0 Å². The van der Waals surface area contributed by atoms with E-state index in [-0.39, 0.29) is 30.9 Å². The van der Waals surface area contributed by atoms with E-state index in [2.05, 4.69) is 25.3 Å². The molecule has 0 aromatic carbocycles. The Morgan fingerprint density at radius 1 is 1.20 bits per heavy atom. The number of carbonyl (C=O) groups is 2. The van der Waals surface area contributed by atoms with Crippen molar-refractivity contribution in [1.29, 1.82) is 0 Å². The molecule has 2 amide bonds. The highest BCUT2D eigenvalue weighted by Gasteiger charge is 2.10. The van der Waals surface area contributed by atoms with Gasteiger partial charge in [-0.05, 0) is 6.92 Å². The molecule has 0 atom stereocenters. The quantitative estimate of drug-likeness (QED) is 0.716. The fraction of sp³-hybridized carbons (Fsp3) is 0.455. The summed E-state index contributed by atoms with van der Waals surface area (Å²) in [6.45, 7) is 1.67. The molecule has 2 N–H and O–H groups in total. The Morgan fingerprint density at radius 3 is 2.30 bits per heavy atom. The predicted molar refractivity (Wildman–Crippen MR) is 68.8 cm³/mol. The maximum atomic E-state index is 11.5. The van der Waals surface area contributed by atoms with Crippen molar-refractivity contribution in [3.05, 3.63) is 6.07 Å². The first-order valence-corrected chi connectivity index (χ1v) is 5.76. The molecule has 0 radical (unpaired) electrons. The van der Waals surface area contributed by atoms with Crippen LogP contribution in [0.5, 0.6) is 11.8 Å². The van der Waals surface area contributed by atoms with Crippen molar-refractivity contribution in [2.24, 2.45) is 0 Å². The molecule has 0 bridgehead atoms. The summed E-state index contributed by atoms with van der Waals surface area (Å²) in [7, 11) is 2.85. The summed E-state index contributed by atoms with van der Waals surface area (Å²) in [5.41, 5.74) is 0. The molecular formula is C11H16N4O5. The number of rotatable bonds is 6. The topological polar surface area (TPSA) is 112 Å². The summed E-state index contributed by atoms with van der Waals surface area (Å²) >= 11 is 0. The lowest BCUT2D eigenvalue weighted by Crippen LogP contribution is -2.34. The molecule has 0 aliphatic rings. The minimum absolute atomic E-state index is 0.0115. The lowest BCUT2D eigenvalue weighted by Gasteiger charge is -2.08. The maximum absolute atomic E-state index is 11.5. The Morgan fingerprint density at radius 2 is 1.80 bits per heavy atom. The summed E-state index contributed by atoms with van der Waals surface area (Å²) in [5.74, 6) is -0.0792. The van der Waals surface area contributed by atoms with Crippen LogP contribution in [0.25, 0.3) is 0 Å². The molecule has 0 fully saturated rings. The van der Waals surface area contributed by atoms with Gasteiger partial charge in [0.1, 0.15) is 6.54 Å². The highest BCUT2D eigenvalue weighted by Crippen LogP contribution is 2.16. The van der Waals surface area contributed by atoms with Gasteiger partial charge >= 0.3 is 12.0 Å². The Labute approximate surface area is 115 Å². The second-order valence-corrected chi connectivity index (χ2v) is 3.39. The number of anilines is 1. The number of nitrogens with zero attached hydrogens (tertiary/aromatic N) is 2. The van der Waals surface area contributed by atoms with E-state index in [1.54, 1.807) is 6.92 Å². The molecule has 9 nitrogen and oxygen atoms in total. The number of urea groups is 1. The zero-order chi connectivity index (χ0) is 15.0. The van der Waals surface area contributed by atoms with Crippen molar-refractivity contribution in [2.45, 2.75) is 6.92 Å². The average molecular weight is 284 g/mol. The molecule has 1 aromatic heterocycles. The van der Waals surface area contributed by atoms with E-state index in [1.165, 1.54) is 20.3 Å². The number of esters is 1. The van der Waals surface area contributed by atoms with E-state index >= 15 is 0 Å². The molecule has 0 spiro atoms. The van der Waals surface area contributed by atoms with Crippen LogP contribution in [-0.4, -0.2) is 49.3 Å². The van der Waals surface area contributed by atoms with Gasteiger partial charge in [0.2, 0.25) is 17.7 Å². The lowest BCUT2D eigenvalue weighted by atomic mass is 10.6. The molecule has 20 heavy (non-hydrogen) atoms. The van der Waals surface area contributed by atoms with Gasteiger partial charge in [-0.1, -0.05) is 0 Å². The Kier molecular flexibility index (Phi) is 6.01. The van der Waals surface area contributed by atoms with E-state index in [0.29, 0.717) is 0 Å². The Bertz CT molecular complexity index is 458. The number of amides is 2. The average Bonchev–Trinajstić information content (AvgIpc) is 2.45. The van der Waals surface area contributed by atoms with Crippen LogP contribution in [0.2, 0.25) is 0 Å². The zero-order valence-electron chi connectivity index (χ0n) is 11.4. The Hall–Kier alpha value is -2.58. The van der Waals surface area contributed by atoms with Crippen LogP contribution in [0.4, 0.5) is 10.7 Å². The molecule has 1 heterocycles. The first-order valence-electron chi connectivity index (χ1n) is 5.76. The van der Waals surface area contributed by atoms with E-state index in [0.717, 1.165) is 0 Å². The standard InChI is InChI=1S/C11H16N4O5/c1-4-20-9(16)6-12-11(17)15-10-13-7(18-2)5-8(14-10)19-3/h5H,4,6H2,1-3H3,(H2,12,13,14,15,17). The number of hydrogen-bond acceptors (Lipinski definition) is 7. The fourth-order valence-electron chi connectivity index (χ4n) is 1.18. The lowest BCUT2D eigenvalue weighted by molar-refractivity contribution is -0.141. The van der Waals surface area contributed by atoms with Crippen molar-refractivity contribution in [2.75, 3.05) is 32.7 Å². The molecule has 0 saturated carbocycles. The molecule has 0 aliphatic heterocycles. The van der Waals surface area contributed by atoms with Crippen molar-refractivity contribution < 1.29 is 23.8 Å². The summed E-state index contributed by atoms with van der Waals surface area (Å²) in [6, 6.07) is 0.815. The van der Waals surface area contributed by atoms with Gasteiger partial charge in [0.05, 0.1) is 26.9 Å². The van der Waals surface area contributed by atoms with E-state index in [4.69, 9.17) is 9.47 Å². The van der Waals surface area contributed by atoms with Crippen LogP contribution in [0.3, 0.4) is 0 Å². The SMILES string of the molecule is CCOC(=O)CNC(=O)Nc1nc(OC)cc(OC)n1. The van der Waals surface area contributed by atoms with Gasteiger partial charge in [-0.25, -0.2) is 4.79 Å². The maximum Gasteiger partial charge on any atom is 0.325 e. The number of carbonyl (C=O) groups excluding carboxylic acids is 2. The number of nitrogens with one attached hydrogen (secondary N) is 2. The van der Waals surface area contributed by atoms with Crippen LogP contribution in [0.1, 0.15) is 6.92 Å². The first kappa shape index (κ1) is 15.5. The largest absolute Gasteiger partial charge is 0.481 e. The van der Waals surface area contributed by atoms with E-state index in [1.807, 2.05) is 0 Å². The van der Waals surface area contributed by atoms with Gasteiger partial charge in [-0.15, -0.1) is 0 Å². The van der Waals surface area contributed by atoms with Crippen LogP contribution < -0.4 is 20.1 Å². The normalized spacial score (nSPS) is 9.55. The minimum Gasteiger partial charge on any atom is -0.481 e. The molecule has 1 aromatic rings. The minimum atomic E-state index is -0.645. The number of aromatic nitrogens is 2. The molecular weight excluding hydrogens is 268 g/mol. The van der Waals surface area contributed by atoms with E-state index in [9.17, 15) is 9.59 Å². The van der Waals surface area contributed by atoms with Gasteiger partial charge in [0.25, 0.3) is 0 Å². The molecule has 0 unspecified atom stereocenters. The smallest absolute Gasteiger partial charge is 0.325 e. The molecule has 110 valence electrons. The highest BCUT2D eigenvalue weighted by molar-refractivity contribution is 5.89. The van der Waals surface area contributed by atoms with Gasteiger partial charge in [0, 0.05) is 0 Å². The van der Waals surface area contributed by atoms with Crippen molar-refractivity contribution in [3.8, 4) is 11.8 Å². The first-order chi connectivity index (χ1) is 9.58. The van der Waals surface area contributed by atoms with Crippen molar-refractivity contribution in [3.63, 3.8) is 0 Å². The van der Waals surface area contributed by atoms with Gasteiger partial charge in [-0.2, -0.15) is 9.97 Å². The van der Waals surface area contributed by atoms with Crippen molar-refractivity contribution in [1.82, 2.24) is 15.3 Å². The van der Waals surface area contributed by atoms with Crippen LogP contribution in [0.15, 0.2) is 6.07 Å². The zero-order valence-corrected chi connectivity index (χ0v) is 11.4. The molecule has 9 heteroatoms. The monoisotopic (exact) mass is 284 g/mol.